The van der Waals surface area contributed by atoms with E-state index in [4.69, 9.17) is 0 Å². The molecular formula is C24H23FN6O. The number of benzene rings is 1. The minimum absolute atomic E-state index is 0.00589. The molecular weight excluding hydrogens is 407 g/mol. The summed E-state index contributed by atoms with van der Waals surface area (Å²) in [6.07, 6.45) is 0. The predicted octanol–water partition coefficient (Wildman–Crippen LogP) is 2.92. The largest absolute Gasteiger partial charge is 0.364 e. The molecule has 1 saturated heterocycles. The maximum atomic E-state index is 14.4. The number of aromatic nitrogens is 2. The Labute approximate surface area is 185 Å². The summed E-state index contributed by atoms with van der Waals surface area (Å²) in [6.45, 7) is 5.64. The van der Waals surface area contributed by atoms with Crippen LogP contribution in [0.3, 0.4) is 0 Å². The first-order chi connectivity index (χ1) is 15.3. The fourth-order valence-electron chi connectivity index (χ4n) is 4.37. The third-order valence-electron chi connectivity index (χ3n) is 6.21. The number of nitriles is 2. The van der Waals surface area contributed by atoms with Crippen LogP contribution in [-0.2, 0) is 13.6 Å². The number of hydrogen-bond donors (Lipinski definition) is 0. The monoisotopic (exact) mass is 430 g/mol. The highest BCUT2D eigenvalue weighted by Crippen LogP contribution is 2.29. The molecule has 162 valence electrons. The van der Waals surface area contributed by atoms with Gasteiger partial charge in [0.2, 0.25) is 0 Å². The molecule has 0 bridgehead atoms. The zero-order chi connectivity index (χ0) is 23.0. The Hall–Kier alpha value is -3.75. The van der Waals surface area contributed by atoms with Crippen molar-refractivity contribution in [1.82, 2.24) is 14.5 Å². The van der Waals surface area contributed by atoms with E-state index in [2.05, 4.69) is 26.9 Å². The first-order valence-electron chi connectivity index (χ1n) is 10.4. The molecule has 3 heterocycles. The number of fused-ring (bicyclic) bond motifs is 1. The van der Waals surface area contributed by atoms with Gasteiger partial charge in [-0.25, -0.2) is 9.37 Å². The van der Waals surface area contributed by atoms with E-state index in [0.29, 0.717) is 53.2 Å². The van der Waals surface area contributed by atoms with Crippen molar-refractivity contribution in [2.24, 2.45) is 7.05 Å². The van der Waals surface area contributed by atoms with Crippen LogP contribution in [0.5, 0.6) is 0 Å². The van der Waals surface area contributed by atoms with Gasteiger partial charge in [0.15, 0.2) is 0 Å². The van der Waals surface area contributed by atoms with Gasteiger partial charge in [-0.05, 0) is 38.1 Å². The SMILES string of the molecule is CC1CN(c2cc(=O)n(C)c3ccc(C#N)nc23)[C@@H](C)CN1Cc1c(F)cccc1C#N. The van der Waals surface area contributed by atoms with E-state index in [1.165, 1.54) is 10.6 Å². The molecule has 1 aliphatic heterocycles. The van der Waals surface area contributed by atoms with Crippen molar-refractivity contribution in [3.63, 3.8) is 0 Å². The van der Waals surface area contributed by atoms with Crippen molar-refractivity contribution in [3.8, 4) is 12.1 Å². The van der Waals surface area contributed by atoms with Gasteiger partial charge in [-0.1, -0.05) is 6.07 Å². The molecule has 1 unspecified atom stereocenters. The highest BCUT2D eigenvalue weighted by molar-refractivity contribution is 5.89. The van der Waals surface area contributed by atoms with Crippen molar-refractivity contribution in [2.45, 2.75) is 32.5 Å². The van der Waals surface area contributed by atoms with E-state index in [1.54, 1.807) is 37.4 Å². The normalized spacial score (nSPS) is 19.0. The number of rotatable bonds is 3. The summed E-state index contributed by atoms with van der Waals surface area (Å²) >= 11 is 0. The number of piperazine rings is 1. The lowest BCUT2D eigenvalue weighted by atomic mass is 10.0. The Kier molecular flexibility index (Phi) is 5.65. The molecule has 7 nitrogen and oxygen atoms in total. The average molecular weight is 430 g/mol. The lowest BCUT2D eigenvalue weighted by molar-refractivity contribution is 0.156. The van der Waals surface area contributed by atoms with Crippen molar-refractivity contribution in [3.05, 3.63) is 69.4 Å². The second-order valence-corrected chi connectivity index (χ2v) is 8.26. The Balaban J connectivity index is 1.69. The van der Waals surface area contributed by atoms with Crippen LogP contribution in [0.1, 0.15) is 30.7 Å². The molecule has 0 radical (unpaired) electrons. The summed E-state index contributed by atoms with van der Waals surface area (Å²) in [5, 5.41) is 18.7. The lowest BCUT2D eigenvalue weighted by Crippen LogP contribution is -2.56. The molecule has 2 aromatic heterocycles. The minimum atomic E-state index is -0.378. The Morgan fingerprint density at radius 3 is 2.62 bits per heavy atom. The number of anilines is 1. The standard InChI is InChI=1S/C24H23FN6O/c1-15-13-31(16(2)12-30(15)14-19-17(10-26)5-4-6-20(19)25)22-9-23(32)29(3)21-8-7-18(11-27)28-24(21)22/h4-9,15-16H,12-14H2,1-3H3/t15?,16-/m0/s1. The van der Waals surface area contributed by atoms with Crippen molar-refractivity contribution < 1.29 is 4.39 Å². The molecule has 1 aliphatic rings. The number of hydrogen-bond acceptors (Lipinski definition) is 6. The summed E-state index contributed by atoms with van der Waals surface area (Å²) in [7, 11) is 1.69. The maximum absolute atomic E-state index is 14.4. The smallest absolute Gasteiger partial charge is 0.252 e. The molecule has 0 spiro atoms. The second kappa shape index (κ2) is 8.41. The maximum Gasteiger partial charge on any atom is 0.252 e. The van der Waals surface area contributed by atoms with E-state index in [1.807, 2.05) is 13.8 Å². The molecule has 1 fully saturated rings. The molecule has 4 rings (SSSR count). The summed E-state index contributed by atoms with van der Waals surface area (Å²) in [5.41, 5.74) is 2.87. The first-order valence-corrected chi connectivity index (χ1v) is 10.4. The van der Waals surface area contributed by atoms with Gasteiger partial charge in [-0.3, -0.25) is 9.69 Å². The summed E-state index contributed by atoms with van der Waals surface area (Å²) < 4.78 is 16.0. The molecule has 1 aromatic carbocycles. The molecule has 0 aliphatic carbocycles. The van der Waals surface area contributed by atoms with Crippen molar-refractivity contribution >= 4 is 16.7 Å². The van der Waals surface area contributed by atoms with E-state index in [0.717, 1.165) is 0 Å². The van der Waals surface area contributed by atoms with Gasteiger partial charge < -0.3 is 9.47 Å². The Morgan fingerprint density at radius 2 is 1.91 bits per heavy atom. The molecule has 0 amide bonds. The summed E-state index contributed by atoms with van der Waals surface area (Å²) in [5.74, 6) is -0.378. The zero-order valence-corrected chi connectivity index (χ0v) is 18.2. The summed E-state index contributed by atoms with van der Waals surface area (Å²) in [4.78, 5) is 21.4. The van der Waals surface area contributed by atoms with Crippen LogP contribution in [0.2, 0.25) is 0 Å². The average Bonchev–Trinajstić information content (AvgIpc) is 2.79. The number of pyridine rings is 2. The van der Waals surface area contributed by atoms with Gasteiger partial charge in [0.1, 0.15) is 23.1 Å². The Bertz CT molecular complexity index is 1340. The van der Waals surface area contributed by atoms with E-state index in [9.17, 15) is 19.7 Å². The van der Waals surface area contributed by atoms with Gasteiger partial charge in [-0.15, -0.1) is 0 Å². The highest BCUT2D eigenvalue weighted by atomic mass is 19.1. The van der Waals surface area contributed by atoms with Crippen LogP contribution in [-0.4, -0.2) is 39.6 Å². The van der Waals surface area contributed by atoms with Gasteiger partial charge in [-0.2, -0.15) is 10.5 Å². The van der Waals surface area contributed by atoms with Crippen LogP contribution < -0.4 is 10.5 Å². The van der Waals surface area contributed by atoms with Crippen LogP contribution in [0.15, 0.2) is 41.2 Å². The van der Waals surface area contributed by atoms with Crippen LogP contribution in [0.4, 0.5) is 10.1 Å². The fraction of sp³-hybridized carbons (Fsp3) is 0.333. The number of halogens is 1. The first kappa shape index (κ1) is 21.5. The molecule has 0 N–H and O–H groups in total. The van der Waals surface area contributed by atoms with E-state index in [-0.39, 0.29) is 23.5 Å². The third-order valence-corrected chi connectivity index (χ3v) is 6.21. The predicted molar refractivity (Wildman–Crippen MR) is 119 cm³/mol. The quantitative estimate of drug-likeness (QED) is 0.635. The van der Waals surface area contributed by atoms with Crippen molar-refractivity contribution in [1.29, 1.82) is 10.5 Å². The zero-order valence-electron chi connectivity index (χ0n) is 18.2. The third kappa shape index (κ3) is 3.70. The topological polar surface area (TPSA) is 88.9 Å². The van der Waals surface area contributed by atoms with Crippen LogP contribution >= 0.6 is 0 Å². The van der Waals surface area contributed by atoms with E-state index < -0.39 is 0 Å². The van der Waals surface area contributed by atoms with Gasteiger partial charge in [0.25, 0.3) is 5.56 Å². The van der Waals surface area contributed by atoms with Gasteiger partial charge in [0.05, 0.1) is 22.8 Å². The molecule has 8 heteroatoms. The fourth-order valence-corrected chi connectivity index (χ4v) is 4.37. The molecule has 0 saturated carbocycles. The van der Waals surface area contributed by atoms with E-state index >= 15 is 0 Å². The number of aryl methyl sites for hydroxylation is 1. The van der Waals surface area contributed by atoms with Crippen LogP contribution in [0, 0.1) is 28.5 Å². The lowest BCUT2D eigenvalue weighted by Gasteiger charge is -2.45. The second-order valence-electron chi connectivity index (χ2n) is 8.26. The van der Waals surface area contributed by atoms with Crippen molar-refractivity contribution in [2.75, 3.05) is 18.0 Å². The molecule has 3 aromatic rings. The highest BCUT2D eigenvalue weighted by Gasteiger charge is 2.31. The molecule has 2 atom stereocenters. The Morgan fingerprint density at radius 1 is 1.12 bits per heavy atom. The van der Waals surface area contributed by atoms with Gasteiger partial charge in [0, 0.05) is 50.4 Å². The van der Waals surface area contributed by atoms with Gasteiger partial charge >= 0.3 is 0 Å². The minimum Gasteiger partial charge on any atom is -0.364 e. The summed E-state index contributed by atoms with van der Waals surface area (Å²) in [6, 6.07) is 13.7. The molecule has 32 heavy (non-hydrogen) atoms. The van der Waals surface area contributed by atoms with Crippen LogP contribution in [0.25, 0.3) is 11.0 Å². The number of nitrogens with zero attached hydrogens (tertiary/aromatic N) is 6.